The highest BCUT2D eigenvalue weighted by Crippen LogP contribution is 2.12. The van der Waals surface area contributed by atoms with Crippen molar-refractivity contribution in [1.82, 2.24) is 14.8 Å². The van der Waals surface area contributed by atoms with Gasteiger partial charge in [-0.15, -0.1) is 0 Å². The molecule has 2 rings (SSSR count). The minimum absolute atomic E-state index is 0.670. The van der Waals surface area contributed by atoms with E-state index in [9.17, 15) is 0 Å². The van der Waals surface area contributed by atoms with E-state index in [0.717, 1.165) is 17.9 Å². The molecule has 0 atom stereocenters. The molecule has 78 valence electrons. The van der Waals surface area contributed by atoms with Crippen LogP contribution < -0.4 is 0 Å². The zero-order valence-corrected chi connectivity index (χ0v) is 8.63. The van der Waals surface area contributed by atoms with Crippen LogP contribution >= 0.6 is 0 Å². The van der Waals surface area contributed by atoms with Crippen LogP contribution in [0.1, 0.15) is 0 Å². The van der Waals surface area contributed by atoms with Gasteiger partial charge in [0.25, 0.3) is 0 Å². The summed E-state index contributed by atoms with van der Waals surface area (Å²) >= 11 is 0. The topological polar surface area (TPSA) is 39.9 Å². The van der Waals surface area contributed by atoms with Crippen molar-refractivity contribution in [1.29, 1.82) is 0 Å². The van der Waals surface area contributed by atoms with Gasteiger partial charge in [-0.05, 0) is 18.2 Å². The van der Waals surface area contributed by atoms with Crippen molar-refractivity contribution in [3.63, 3.8) is 0 Å². The van der Waals surface area contributed by atoms with Gasteiger partial charge in [-0.25, -0.2) is 0 Å². The van der Waals surface area contributed by atoms with Gasteiger partial charge in [-0.3, -0.25) is 9.67 Å². The Labute approximate surface area is 88.5 Å². The van der Waals surface area contributed by atoms with Crippen LogP contribution in [0.25, 0.3) is 11.4 Å². The number of pyridine rings is 1. The molecule has 2 aromatic rings. The number of hydrogen-bond acceptors (Lipinski definition) is 3. The first-order valence-corrected chi connectivity index (χ1v) is 4.84. The van der Waals surface area contributed by atoms with E-state index in [1.54, 1.807) is 13.3 Å². The molecule has 0 amide bonds. The molecule has 4 nitrogen and oxygen atoms in total. The molecule has 4 heteroatoms. The average Bonchev–Trinajstić information content (AvgIpc) is 2.76. The van der Waals surface area contributed by atoms with Gasteiger partial charge in [0.1, 0.15) is 5.69 Å². The first-order valence-electron chi connectivity index (χ1n) is 4.84. The van der Waals surface area contributed by atoms with Crippen LogP contribution in [0.2, 0.25) is 0 Å². The lowest BCUT2D eigenvalue weighted by molar-refractivity contribution is 0.183. The van der Waals surface area contributed by atoms with Crippen LogP contribution in [0, 0.1) is 0 Å². The highest BCUT2D eigenvalue weighted by atomic mass is 16.5. The molecule has 0 aliphatic rings. The Balaban J connectivity index is 2.14. The van der Waals surface area contributed by atoms with Crippen molar-refractivity contribution >= 4 is 0 Å². The lowest BCUT2D eigenvalue weighted by Crippen LogP contribution is -2.04. The Bertz CT molecular complexity index is 411. The first kappa shape index (κ1) is 9.86. The molecule has 0 fully saturated rings. The standard InChI is InChI=1S/C11H13N3O/c1-15-9-8-14-7-5-11(13-14)10-4-2-3-6-12-10/h2-7H,8-9H2,1H3. The zero-order chi connectivity index (χ0) is 10.5. The van der Waals surface area contributed by atoms with Crippen LogP contribution in [0.3, 0.4) is 0 Å². The Hall–Kier alpha value is -1.68. The Morgan fingerprint density at radius 2 is 2.20 bits per heavy atom. The maximum atomic E-state index is 4.98. The molecule has 0 aliphatic heterocycles. The summed E-state index contributed by atoms with van der Waals surface area (Å²) in [6.45, 7) is 1.44. The van der Waals surface area contributed by atoms with Crippen LogP contribution in [0.4, 0.5) is 0 Å². The Morgan fingerprint density at radius 3 is 2.93 bits per heavy atom. The molecule has 0 aromatic carbocycles. The van der Waals surface area contributed by atoms with E-state index >= 15 is 0 Å². The van der Waals surface area contributed by atoms with Gasteiger partial charge in [0, 0.05) is 19.5 Å². The summed E-state index contributed by atoms with van der Waals surface area (Å²) in [7, 11) is 1.68. The fourth-order valence-corrected chi connectivity index (χ4v) is 1.32. The monoisotopic (exact) mass is 203 g/mol. The summed E-state index contributed by atoms with van der Waals surface area (Å²) in [5.74, 6) is 0. The second kappa shape index (κ2) is 4.70. The van der Waals surface area contributed by atoms with Gasteiger partial charge in [-0.1, -0.05) is 6.07 Å². The number of nitrogens with zero attached hydrogens (tertiary/aromatic N) is 3. The van der Waals surface area contributed by atoms with Crippen molar-refractivity contribution < 1.29 is 4.74 Å². The number of aromatic nitrogens is 3. The molecule has 0 unspecified atom stereocenters. The summed E-state index contributed by atoms with van der Waals surface area (Å²) in [4.78, 5) is 4.24. The Morgan fingerprint density at radius 1 is 1.27 bits per heavy atom. The second-order valence-electron chi connectivity index (χ2n) is 3.17. The molecule has 0 aliphatic carbocycles. The third-order valence-corrected chi connectivity index (χ3v) is 2.09. The SMILES string of the molecule is COCCn1ccc(-c2ccccn2)n1. The molecule has 0 N–H and O–H groups in total. The molecule has 2 heterocycles. The normalized spacial score (nSPS) is 10.5. The molecule has 0 bridgehead atoms. The van der Waals surface area contributed by atoms with Gasteiger partial charge < -0.3 is 4.74 Å². The van der Waals surface area contributed by atoms with Crippen LogP contribution in [-0.2, 0) is 11.3 Å². The fraction of sp³-hybridized carbons (Fsp3) is 0.273. The van der Waals surface area contributed by atoms with Crippen molar-refractivity contribution in [2.75, 3.05) is 13.7 Å². The number of ether oxygens (including phenoxy) is 1. The number of methoxy groups -OCH3 is 1. The van der Waals surface area contributed by atoms with E-state index in [1.165, 1.54) is 0 Å². The molecular weight excluding hydrogens is 190 g/mol. The second-order valence-corrected chi connectivity index (χ2v) is 3.17. The molecule has 0 saturated carbocycles. The van der Waals surface area contributed by atoms with E-state index in [0.29, 0.717) is 6.61 Å². The van der Waals surface area contributed by atoms with Gasteiger partial charge in [0.05, 0.1) is 18.8 Å². The van der Waals surface area contributed by atoms with Crippen LogP contribution in [0.5, 0.6) is 0 Å². The van der Waals surface area contributed by atoms with Crippen molar-refractivity contribution in [2.45, 2.75) is 6.54 Å². The highest BCUT2D eigenvalue weighted by molar-refractivity contribution is 5.52. The van der Waals surface area contributed by atoms with Crippen LogP contribution in [-0.4, -0.2) is 28.5 Å². The minimum atomic E-state index is 0.670. The van der Waals surface area contributed by atoms with Gasteiger partial charge in [-0.2, -0.15) is 5.10 Å². The van der Waals surface area contributed by atoms with Gasteiger partial charge in [0.15, 0.2) is 0 Å². The van der Waals surface area contributed by atoms with Gasteiger partial charge in [0.2, 0.25) is 0 Å². The highest BCUT2D eigenvalue weighted by Gasteiger charge is 2.01. The van der Waals surface area contributed by atoms with Gasteiger partial charge >= 0.3 is 0 Å². The quantitative estimate of drug-likeness (QED) is 0.757. The van der Waals surface area contributed by atoms with Crippen molar-refractivity contribution in [3.05, 3.63) is 36.7 Å². The molecule has 0 saturated heterocycles. The fourth-order valence-electron chi connectivity index (χ4n) is 1.32. The van der Waals surface area contributed by atoms with Crippen LogP contribution in [0.15, 0.2) is 36.7 Å². The summed E-state index contributed by atoms with van der Waals surface area (Å²) in [5.41, 5.74) is 1.79. The maximum absolute atomic E-state index is 4.98. The maximum Gasteiger partial charge on any atom is 0.111 e. The number of rotatable bonds is 4. The minimum Gasteiger partial charge on any atom is -0.383 e. The van der Waals surface area contributed by atoms with E-state index < -0.39 is 0 Å². The predicted molar refractivity (Wildman–Crippen MR) is 57.3 cm³/mol. The average molecular weight is 203 g/mol. The molecule has 0 spiro atoms. The summed E-state index contributed by atoms with van der Waals surface area (Å²) in [6.07, 6.45) is 3.70. The third-order valence-electron chi connectivity index (χ3n) is 2.09. The van der Waals surface area contributed by atoms with E-state index in [-0.39, 0.29) is 0 Å². The molecule has 15 heavy (non-hydrogen) atoms. The predicted octanol–water partition coefficient (Wildman–Crippen LogP) is 1.59. The third kappa shape index (κ3) is 2.41. The lowest BCUT2D eigenvalue weighted by atomic mass is 10.3. The molecule has 2 aromatic heterocycles. The largest absolute Gasteiger partial charge is 0.383 e. The van der Waals surface area contributed by atoms with E-state index in [1.807, 2.05) is 35.1 Å². The summed E-state index contributed by atoms with van der Waals surface area (Å²) < 4.78 is 6.84. The lowest BCUT2D eigenvalue weighted by Gasteiger charge is -1.99. The van der Waals surface area contributed by atoms with Crippen molar-refractivity contribution in [3.8, 4) is 11.4 Å². The van der Waals surface area contributed by atoms with E-state index in [4.69, 9.17) is 4.74 Å². The molecule has 0 radical (unpaired) electrons. The smallest absolute Gasteiger partial charge is 0.111 e. The van der Waals surface area contributed by atoms with E-state index in [2.05, 4.69) is 10.1 Å². The number of hydrogen-bond donors (Lipinski definition) is 0. The molecular formula is C11H13N3O. The first-order chi connectivity index (χ1) is 7.40. The van der Waals surface area contributed by atoms with Crippen molar-refractivity contribution in [2.24, 2.45) is 0 Å². The summed E-state index contributed by atoms with van der Waals surface area (Å²) in [6, 6.07) is 7.75. The Kier molecular flexibility index (Phi) is 3.09. The zero-order valence-electron chi connectivity index (χ0n) is 8.63. The summed E-state index contributed by atoms with van der Waals surface area (Å²) in [5, 5.41) is 4.39.